The first kappa shape index (κ1) is 18.2. The molecule has 1 aromatic carbocycles. The summed E-state index contributed by atoms with van der Waals surface area (Å²) in [7, 11) is 0. The molecule has 1 atom stereocenters. The molecule has 1 fully saturated rings. The number of aromatic nitrogens is 2. The van der Waals surface area contributed by atoms with Gasteiger partial charge in [0.25, 0.3) is 0 Å². The van der Waals surface area contributed by atoms with Crippen LogP contribution in [0.3, 0.4) is 0 Å². The molecule has 0 saturated carbocycles. The van der Waals surface area contributed by atoms with E-state index in [1.165, 1.54) is 5.69 Å². The maximum Gasteiger partial charge on any atom is 0.224 e. The number of rotatable bonds is 6. The van der Waals surface area contributed by atoms with Gasteiger partial charge in [0.2, 0.25) is 5.91 Å². The lowest BCUT2D eigenvalue weighted by molar-refractivity contribution is -0.116. The molecule has 6 nitrogen and oxygen atoms in total. The number of aryl methyl sites for hydroxylation is 2. The third-order valence-corrected chi connectivity index (χ3v) is 4.81. The van der Waals surface area contributed by atoms with Crippen LogP contribution in [0.2, 0.25) is 0 Å². The number of amides is 1. The molecular weight excluding hydrogens is 326 g/mol. The van der Waals surface area contributed by atoms with Gasteiger partial charge in [-0.2, -0.15) is 10.4 Å². The number of hydrogen-bond acceptors (Lipinski definition) is 4. The highest BCUT2D eigenvalue weighted by Gasteiger charge is 2.25. The number of likely N-dealkylation sites (tertiary alicyclic amines) is 1. The summed E-state index contributed by atoms with van der Waals surface area (Å²) < 4.78 is 2.15. The second-order valence-electron chi connectivity index (χ2n) is 6.96. The summed E-state index contributed by atoms with van der Waals surface area (Å²) in [5.74, 6) is 0.0176. The van der Waals surface area contributed by atoms with Gasteiger partial charge in [0.1, 0.15) is 0 Å². The van der Waals surface area contributed by atoms with Crippen molar-refractivity contribution in [3.8, 4) is 6.07 Å². The smallest absolute Gasteiger partial charge is 0.224 e. The van der Waals surface area contributed by atoms with Crippen molar-refractivity contribution in [3.63, 3.8) is 0 Å². The molecule has 6 heteroatoms. The lowest BCUT2D eigenvalue weighted by Gasteiger charge is -2.17. The lowest BCUT2D eigenvalue weighted by atomic mass is 10.2. The molecule has 0 unspecified atom stereocenters. The first-order valence-corrected chi connectivity index (χ1v) is 9.10. The predicted molar refractivity (Wildman–Crippen MR) is 101 cm³/mol. The second-order valence-corrected chi connectivity index (χ2v) is 6.96. The van der Waals surface area contributed by atoms with Crippen molar-refractivity contribution in [1.82, 2.24) is 14.7 Å². The van der Waals surface area contributed by atoms with Gasteiger partial charge in [-0.15, -0.1) is 0 Å². The van der Waals surface area contributed by atoms with Gasteiger partial charge in [-0.1, -0.05) is 0 Å². The topological polar surface area (TPSA) is 74.0 Å². The van der Waals surface area contributed by atoms with E-state index >= 15 is 0 Å². The highest BCUT2D eigenvalue weighted by molar-refractivity contribution is 5.90. The number of carbonyl (C=O) groups is 1. The second kappa shape index (κ2) is 8.15. The van der Waals surface area contributed by atoms with Crippen LogP contribution in [0, 0.1) is 25.2 Å². The van der Waals surface area contributed by atoms with E-state index in [4.69, 9.17) is 5.26 Å². The fourth-order valence-electron chi connectivity index (χ4n) is 3.55. The SMILES string of the molecule is Cc1cc(C)n([C@H]2CCN(CCCC(=O)Nc3ccc(C#N)cc3)C2)n1. The molecule has 3 rings (SSSR count). The minimum absolute atomic E-state index is 0.0176. The quantitative estimate of drug-likeness (QED) is 0.868. The van der Waals surface area contributed by atoms with E-state index in [-0.39, 0.29) is 5.91 Å². The zero-order valence-corrected chi connectivity index (χ0v) is 15.4. The standard InChI is InChI=1S/C20H25N5O/c1-15-12-16(2)25(23-15)19-9-11-24(14-19)10-3-4-20(26)22-18-7-5-17(13-21)6-8-18/h5-8,12,19H,3-4,9-11,14H2,1-2H3,(H,22,26)/t19-/m0/s1. The molecule has 0 spiro atoms. The zero-order valence-electron chi connectivity index (χ0n) is 15.4. The van der Waals surface area contributed by atoms with Crippen LogP contribution >= 0.6 is 0 Å². The largest absolute Gasteiger partial charge is 0.326 e. The van der Waals surface area contributed by atoms with Crippen molar-refractivity contribution in [2.45, 2.75) is 39.2 Å². The summed E-state index contributed by atoms with van der Waals surface area (Å²) in [6.07, 6.45) is 2.45. The number of anilines is 1. The molecule has 1 aromatic heterocycles. The molecule has 1 saturated heterocycles. The zero-order chi connectivity index (χ0) is 18.5. The number of benzene rings is 1. The number of hydrogen-bond donors (Lipinski definition) is 1. The Labute approximate surface area is 154 Å². The van der Waals surface area contributed by atoms with Crippen molar-refractivity contribution in [1.29, 1.82) is 5.26 Å². The summed E-state index contributed by atoms with van der Waals surface area (Å²) in [5.41, 5.74) is 3.62. The number of carbonyl (C=O) groups excluding carboxylic acids is 1. The van der Waals surface area contributed by atoms with Gasteiger partial charge in [-0.3, -0.25) is 9.48 Å². The Hall–Kier alpha value is -2.65. The van der Waals surface area contributed by atoms with E-state index in [0.29, 0.717) is 18.0 Å². The van der Waals surface area contributed by atoms with Crippen LogP contribution in [0.5, 0.6) is 0 Å². The highest BCUT2D eigenvalue weighted by atomic mass is 16.1. The molecule has 136 valence electrons. The Morgan fingerprint density at radius 1 is 1.35 bits per heavy atom. The van der Waals surface area contributed by atoms with Crippen LogP contribution in [0.1, 0.15) is 42.3 Å². The van der Waals surface area contributed by atoms with Gasteiger partial charge >= 0.3 is 0 Å². The summed E-state index contributed by atoms with van der Waals surface area (Å²) in [4.78, 5) is 14.5. The van der Waals surface area contributed by atoms with Gasteiger partial charge < -0.3 is 10.2 Å². The van der Waals surface area contributed by atoms with Gasteiger partial charge in [0, 0.05) is 30.9 Å². The van der Waals surface area contributed by atoms with Crippen LogP contribution in [-0.4, -0.2) is 40.2 Å². The fourth-order valence-corrected chi connectivity index (χ4v) is 3.55. The van der Waals surface area contributed by atoms with Gasteiger partial charge in [0.15, 0.2) is 0 Å². The summed E-state index contributed by atoms with van der Waals surface area (Å²) in [6, 6.07) is 11.6. The first-order valence-electron chi connectivity index (χ1n) is 9.10. The van der Waals surface area contributed by atoms with E-state index < -0.39 is 0 Å². The summed E-state index contributed by atoms with van der Waals surface area (Å²) >= 11 is 0. The van der Waals surface area contributed by atoms with Crippen molar-refractivity contribution < 1.29 is 4.79 Å². The monoisotopic (exact) mass is 351 g/mol. The summed E-state index contributed by atoms with van der Waals surface area (Å²) in [5, 5.41) is 16.3. The van der Waals surface area contributed by atoms with Crippen molar-refractivity contribution in [3.05, 3.63) is 47.3 Å². The first-order chi connectivity index (χ1) is 12.5. The van der Waals surface area contributed by atoms with Crippen LogP contribution in [-0.2, 0) is 4.79 Å². The maximum atomic E-state index is 12.1. The number of nitrogens with zero attached hydrogens (tertiary/aromatic N) is 4. The van der Waals surface area contributed by atoms with Crippen molar-refractivity contribution >= 4 is 11.6 Å². The molecular formula is C20H25N5O. The Balaban J connectivity index is 1.40. The third-order valence-electron chi connectivity index (χ3n) is 4.81. The Kier molecular flexibility index (Phi) is 5.69. The fraction of sp³-hybridized carbons (Fsp3) is 0.450. The van der Waals surface area contributed by atoms with Crippen LogP contribution in [0.25, 0.3) is 0 Å². The molecule has 2 heterocycles. The normalized spacial score (nSPS) is 17.2. The molecule has 26 heavy (non-hydrogen) atoms. The molecule has 1 aliphatic rings. The minimum Gasteiger partial charge on any atom is -0.326 e. The van der Waals surface area contributed by atoms with E-state index in [1.807, 2.05) is 6.92 Å². The molecule has 1 aliphatic heterocycles. The minimum atomic E-state index is 0.0176. The third kappa shape index (κ3) is 4.50. The molecule has 2 aromatic rings. The van der Waals surface area contributed by atoms with Crippen molar-refractivity contribution in [2.24, 2.45) is 0 Å². The van der Waals surface area contributed by atoms with Crippen LogP contribution < -0.4 is 5.32 Å². The lowest BCUT2D eigenvalue weighted by Crippen LogP contribution is -2.24. The molecule has 1 amide bonds. The van der Waals surface area contributed by atoms with Crippen LogP contribution in [0.15, 0.2) is 30.3 Å². The Bertz CT molecular complexity index is 803. The van der Waals surface area contributed by atoms with Crippen molar-refractivity contribution in [2.75, 3.05) is 25.0 Å². The number of nitrogens with one attached hydrogen (secondary N) is 1. The average Bonchev–Trinajstić information content (AvgIpc) is 3.21. The van der Waals surface area contributed by atoms with E-state index in [9.17, 15) is 4.79 Å². The molecule has 0 radical (unpaired) electrons. The average molecular weight is 351 g/mol. The van der Waals surface area contributed by atoms with E-state index in [0.717, 1.165) is 43.9 Å². The number of nitriles is 1. The van der Waals surface area contributed by atoms with Crippen LogP contribution in [0.4, 0.5) is 5.69 Å². The maximum absolute atomic E-state index is 12.1. The van der Waals surface area contributed by atoms with Gasteiger partial charge in [-0.25, -0.2) is 0 Å². The molecule has 1 N–H and O–H groups in total. The highest BCUT2D eigenvalue weighted by Crippen LogP contribution is 2.23. The van der Waals surface area contributed by atoms with E-state index in [1.54, 1.807) is 24.3 Å². The molecule has 0 aliphatic carbocycles. The Morgan fingerprint density at radius 3 is 2.77 bits per heavy atom. The van der Waals surface area contributed by atoms with E-state index in [2.05, 4.69) is 39.1 Å². The Morgan fingerprint density at radius 2 is 2.12 bits per heavy atom. The van der Waals surface area contributed by atoms with Gasteiger partial charge in [0.05, 0.1) is 23.4 Å². The van der Waals surface area contributed by atoms with Gasteiger partial charge in [-0.05, 0) is 63.6 Å². The predicted octanol–water partition coefficient (Wildman–Crippen LogP) is 3.04. The molecule has 0 bridgehead atoms. The summed E-state index contributed by atoms with van der Waals surface area (Å²) in [6.45, 7) is 7.12.